The number of halogens is 2. The molecule has 28 heavy (non-hydrogen) atoms. The van der Waals surface area contributed by atoms with Gasteiger partial charge in [0.25, 0.3) is 0 Å². The molecule has 0 saturated carbocycles. The Kier molecular flexibility index (Phi) is 7.07. The van der Waals surface area contributed by atoms with Crippen molar-refractivity contribution in [3.63, 3.8) is 0 Å². The van der Waals surface area contributed by atoms with Crippen molar-refractivity contribution in [2.24, 2.45) is 0 Å². The van der Waals surface area contributed by atoms with Gasteiger partial charge in [0.05, 0.1) is 13.2 Å². The van der Waals surface area contributed by atoms with Crippen LogP contribution >= 0.6 is 0 Å². The van der Waals surface area contributed by atoms with Crippen molar-refractivity contribution in [2.45, 2.75) is 52.4 Å². The number of ether oxygens (including phenoxy) is 2. The molecular formula is C24H28F2O2. The van der Waals surface area contributed by atoms with Crippen molar-refractivity contribution < 1.29 is 18.3 Å². The van der Waals surface area contributed by atoms with E-state index < -0.39 is 11.6 Å². The SMILES string of the molecule is CCCCCCOc1ccc2c(ccc3c(F)c(OCCCC)ccc32)c1F. The second kappa shape index (κ2) is 9.72. The van der Waals surface area contributed by atoms with Gasteiger partial charge in [-0.05, 0) is 47.9 Å². The largest absolute Gasteiger partial charge is 0.490 e. The molecule has 0 atom stereocenters. The molecule has 0 aliphatic rings. The molecule has 0 bridgehead atoms. The van der Waals surface area contributed by atoms with Crippen LogP contribution in [0.2, 0.25) is 0 Å². The summed E-state index contributed by atoms with van der Waals surface area (Å²) < 4.78 is 40.9. The zero-order valence-corrected chi connectivity index (χ0v) is 16.7. The molecule has 3 rings (SSSR count). The molecule has 0 aliphatic carbocycles. The maximum atomic E-state index is 14.9. The Hall–Kier alpha value is -2.36. The summed E-state index contributed by atoms with van der Waals surface area (Å²) in [6, 6.07) is 10.1. The highest BCUT2D eigenvalue weighted by Crippen LogP contribution is 2.35. The number of fused-ring (bicyclic) bond motifs is 3. The molecule has 0 saturated heterocycles. The van der Waals surface area contributed by atoms with Gasteiger partial charge in [-0.15, -0.1) is 0 Å². The molecule has 0 unspecified atom stereocenters. The Morgan fingerprint density at radius 1 is 0.571 bits per heavy atom. The van der Waals surface area contributed by atoms with E-state index in [1.54, 1.807) is 36.4 Å². The van der Waals surface area contributed by atoms with Crippen molar-refractivity contribution >= 4 is 21.5 Å². The van der Waals surface area contributed by atoms with Crippen molar-refractivity contribution in [1.82, 2.24) is 0 Å². The lowest BCUT2D eigenvalue weighted by Crippen LogP contribution is -2.00. The maximum Gasteiger partial charge on any atom is 0.172 e. The average Bonchev–Trinajstić information content (AvgIpc) is 2.71. The van der Waals surface area contributed by atoms with Gasteiger partial charge in [0, 0.05) is 10.8 Å². The van der Waals surface area contributed by atoms with E-state index in [0.717, 1.165) is 38.5 Å². The molecular weight excluding hydrogens is 358 g/mol. The lowest BCUT2D eigenvalue weighted by molar-refractivity contribution is 0.292. The van der Waals surface area contributed by atoms with E-state index in [9.17, 15) is 8.78 Å². The predicted molar refractivity (Wildman–Crippen MR) is 111 cm³/mol. The molecule has 0 fully saturated rings. The third-order valence-electron chi connectivity index (χ3n) is 5.01. The third kappa shape index (κ3) is 4.37. The zero-order chi connectivity index (χ0) is 19.9. The smallest absolute Gasteiger partial charge is 0.172 e. The molecule has 3 aromatic rings. The van der Waals surface area contributed by atoms with E-state index in [1.165, 1.54) is 0 Å². The number of hydrogen-bond acceptors (Lipinski definition) is 2. The molecule has 0 N–H and O–H groups in total. The molecule has 0 aliphatic heterocycles. The molecule has 4 heteroatoms. The van der Waals surface area contributed by atoms with Gasteiger partial charge >= 0.3 is 0 Å². The molecule has 0 aromatic heterocycles. The van der Waals surface area contributed by atoms with Gasteiger partial charge in [-0.2, -0.15) is 0 Å². The quantitative estimate of drug-likeness (QED) is 0.267. The fourth-order valence-corrected chi connectivity index (χ4v) is 3.37. The fourth-order valence-electron chi connectivity index (χ4n) is 3.37. The molecule has 150 valence electrons. The van der Waals surface area contributed by atoms with E-state index >= 15 is 0 Å². The molecule has 0 radical (unpaired) electrons. The summed E-state index contributed by atoms with van der Waals surface area (Å²) in [5.74, 6) is -0.290. The van der Waals surface area contributed by atoms with E-state index in [4.69, 9.17) is 9.47 Å². The first-order valence-corrected chi connectivity index (χ1v) is 10.3. The number of hydrogen-bond donors (Lipinski definition) is 0. The van der Waals surface area contributed by atoms with Crippen LogP contribution in [0, 0.1) is 11.6 Å². The van der Waals surface area contributed by atoms with E-state index in [2.05, 4.69) is 13.8 Å². The third-order valence-corrected chi connectivity index (χ3v) is 5.01. The van der Waals surface area contributed by atoms with Gasteiger partial charge in [0.2, 0.25) is 0 Å². The minimum Gasteiger partial charge on any atom is -0.490 e. The van der Waals surface area contributed by atoms with Crippen LogP contribution in [0.3, 0.4) is 0 Å². The number of unbranched alkanes of at least 4 members (excludes halogenated alkanes) is 4. The van der Waals surface area contributed by atoms with Crippen LogP contribution < -0.4 is 9.47 Å². The topological polar surface area (TPSA) is 18.5 Å². The Morgan fingerprint density at radius 2 is 1.04 bits per heavy atom. The summed E-state index contributed by atoms with van der Waals surface area (Å²) >= 11 is 0. The molecule has 3 aromatic carbocycles. The van der Waals surface area contributed by atoms with Crippen LogP contribution in [0.1, 0.15) is 52.4 Å². The van der Waals surface area contributed by atoms with Gasteiger partial charge in [0.1, 0.15) is 0 Å². The summed E-state index contributed by atoms with van der Waals surface area (Å²) in [7, 11) is 0. The second-order valence-electron chi connectivity index (χ2n) is 7.12. The van der Waals surface area contributed by atoms with E-state index in [0.29, 0.717) is 34.8 Å². The van der Waals surface area contributed by atoms with Crippen molar-refractivity contribution in [3.8, 4) is 11.5 Å². The van der Waals surface area contributed by atoms with Gasteiger partial charge in [-0.3, -0.25) is 0 Å². The molecule has 0 spiro atoms. The maximum absolute atomic E-state index is 14.9. The first kappa shape index (κ1) is 20.4. The fraction of sp³-hybridized carbons (Fsp3) is 0.417. The Bertz CT molecular complexity index is 937. The molecule has 2 nitrogen and oxygen atoms in total. The minimum atomic E-state index is -0.396. The van der Waals surface area contributed by atoms with Gasteiger partial charge in [0.15, 0.2) is 23.1 Å². The van der Waals surface area contributed by atoms with Crippen LogP contribution in [-0.2, 0) is 0 Å². The van der Waals surface area contributed by atoms with Crippen molar-refractivity contribution in [1.29, 1.82) is 0 Å². The predicted octanol–water partition coefficient (Wildman–Crippen LogP) is 7.41. The van der Waals surface area contributed by atoms with Crippen molar-refractivity contribution in [3.05, 3.63) is 48.0 Å². The summed E-state index contributed by atoms with van der Waals surface area (Å²) in [6.07, 6.45) is 6.17. The van der Waals surface area contributed by atoms with Crippen LogP contribution in [0.25, 0.3) is 21.5 Å². The number of rotatable bonds is 10. The van der Waals surface area contributed by atoms with Gasteiger partial charge < -0.3 is 9.47 Å². The summed E-state index contributed by atoms with van der Waals surface area (Å²) in [6.45, 7) is 5.20. The highest BCUT2D eigenvalue weighted by Gasteiger charge is 2.14. The van der Waals surface area contributed by atoms with E-state index in [-0.39, 0.29) is 11.5 Å². The second-order valence-corrected chi connectivity index (χ2v) is 7.12. The van der Waals surface area contributed by atoms with Crippen LogP contribution in [0.4, 0.5) is 8.78 Å². The summed E-state index contributed by atoms with van der Waals surface area (Å²) in [5.41, 5.74) is 0. The average molecular weight is 386 g/mol. The first-order chi connectivity index (χ1) is 13.7. The van der Waals surface area contributed by atoms with Crippen LogP contribution in [-0.4, -0.2) is 13.2 Å². The normalized spacial score (nSPS) is 11.3. The molecule has 0 amide bonds. The van der Waals surface area contributed by atoms with Crippen molar-refractivity contribution in [2.75, 3.05) is 13.2 Å². The highest BCUT2D eigenvalue weighted by atomic mass is 19.1. The minimum absolute atomic E-state index is 0.243. The lowest BCUT2D eigenvalue weighted by Gasteiger charge is -2.13. The Balaban J connectivity index is 1.88. The Labute approximate surface area is 165 Å². The zero-order valence-electron chi connectivity index (χ0n) is 16.7. The first-order valence-electron chi connectivity index (χ1n) is 10.3. The van der Waals surface area contributed by atoms with Crippen LogP contribution in [0.15, 0.2) is 36.4 Å². The van der Waals surface area contributed by atoms with E-state index in [1.807, 2.05) is 0 Å². The number of benzene rings is 3. The Morgan fingerprint density at radius 3 is 1.54 bits per heavy atom. The van der Waals surface area contributed by atoms with Gasteiger partial charge in [-0.25, -0.2) is 8.78 Å². The summed E-state index contributed by atoms with van der Waals surface area (Å²) in [4.78, 5) is 0. The summed E-state index contributed by atoms with van der Waals surface area (Å²) in [5, 5.41) is 2.23. The highest BCUT2D eigenvalue weighted by molar-refractivity contribution is 6.08. The lowest BCUT2D eigenvalue weighted by atomic mass is 10.0. The van der Waals surface area contributed by atoms with Crippen LogP contribution in [0.5, 0.6) is 11.5 Å². The standard InChI is InChI=1S/C24H28F2O2/c1-3-5-7-8-16-28-22-14-12-18-17-11-13-21(27-15-6-4-2)23(25)19(17)9-10-20(18)24(22)26/h9-14H,3-8,15-16H2,1-2H3. The monoisotopic (exact) mass is 386 g/mol. The molecule has 0 heterocycles. The van der Waals surface area contributed by atoms with Gasteiger partial charge in [-0.1, -0.05) is 51.7 Å².